The van der Waals surface area contributed by atoms with Crippen LogP contribution in [0.25, 0.3) is 11.1 Å². The van der Waals surface area contributed by atoms with Gasteiger partial charge in [0.1, 0.15) is 11.4 Å². The Morgan fingerprint density at radius 2 is 1.78 bits per heavy atom. The number of aliphatic hydroxyl groups is 1. The van der Waals surface area contributed by atoms with E-state index >= 15 is 4.39 Å². The molecule has 2 aliphatic rings. The molecule has 2 heterocycles. The fourth-order valence-corrected chi connectivity index (χ4v) is 4.90. The predicted octanol–water partition coefficient (Wildman–Crippen LogP) is 5.83. The number of ether oxygens (including phenoxy) is 1. The summed E-state index contributed by atoms with van der Waals surface area (Å²) >= 11 is 0. The number of nitrogens with zero attached hydrogens (tertiary/aromatic N) is 1. The van der Waals surface area contributed by atoms with Gasteiger partial charge in [0.05, 0.1) is 12.3 Å². The molecule has 2 atom stereocenters. The molecule has 218 valence electrons. The molecule has 0 bridgehead atoms. The summed E-state index contributed by atoms with van der Waals surface area (Å²) in [6.45, 7) is 3.71. The number of aromatic nitrogens is 1. The Morgan fingerprint density at radius 1 is 1.07 bits per heavy atom. The van der Waals surface area contributed by atoms with Crippen LogP contribution in [0.5, 0.6) is 0 Å². The Labute approximate surface area is 240 Å². The molecule has 1 aliphatic carbocycles. The smallest absolute Gasteiger partial charge is 0.254 e. The average molecular weight is 587 g/mol. The van der Waals surface area contributed by atoms with Crippen molar-refractivity contribution < 1.29 is 32.0 Å². The number of hydrogen-bond donors (Lipinski definition) is 2. The van der Waals surface area contributed by atoms with Crippen LogP contribution in [-0.4, -0.2) is 32.6 Å². The molecule has 1 saturated carbocycles. The van der Waals surface area contributed by atoms with Gasteiger partial charge < -0.3 is 15.2 Å². The van der Waals surface area contributed by atoms with Gasteiger partial charge in [0, 0.05) is 34.9 Å². The van der Waals surface area contributed by atoms with Gasteiger partial charge in [0.25, 0.3) is 5.91 Å². The van der Waals surface area contributed by atoms with E-state index < -0.39 is 45.9 Å². The molecule has 6 nitrogen and oxygen atoms in total. The van der Waals surface area contributed by atoms with Crippen LogP contribution in [0.3, 0.4) is 0 Å². The van der Waals surface area contributed by atoms with Crippen molar-refractivity contribution in [3.63, 3.8) is 0 Å². The summed E-state index contributed by atoms with van der Waals surface area (Å²) < 4.78 is 58.1. The summed E-state index contributed by atoms with van der Waals surface area (Å²) in [5, 5.41) is 14.7. The van der Waals surface area contributed by atoms with Crippen LogP contribution in [0.4, 0.5) is 13.2 Å². The maximum atomic E-state index is 15.1. The van der Waals surface area contributed by atoms with Crippen molar-refractivity contribution in [2.75, 3.05) is 12.4 Å². The quantitative estimate of drug-likeness (QED) is 0.330. The fraction of sp³-hybridized carbons (Fsp3) is 0.355. The summed E-state index contributed by atoms with van der Waals surface area (Å²) in [4.78, 5) is 17.2. The number of rotatable bonds is 9. The third kappa shape index (κ3) is 8.82. The SMILES string of the molecule is CC(C)(O)c1cc(CNC(=O)C(OCC2CC2)c2ccc(-c3ccc(F)c(F)c3)cc2F)ccn1.O=S1C=CCC1. The van der Waals surface area contributed by atoms with Crippen LogP contribution in [0, 0.1) is 23.4 Å². The Balaban J connectivity index is 0.000000572. The van der Waals surface area contributed by atoms with Crippen LogP contribution < -0.4 is 5.32 Å². The Hall–Kier alpha value is -3.34. The molecule has 2 N–H and O–H groups in total. The summed E-state index contributed by atoms with van der Waals surface area (Å²) in [6, 6.07) is 10.9. The number of nitrogens with one attached hydrogen (secondary N) is 1. The van der Waals surface area contributed by atoms with Crippen LogP contribution in [0.15, 0.2) is 66.2 Å². The Bertz CT molecular complexity index is 1440. The van der Waals surface area contributed by atoms with Crippen molar-refractivity contribution >= 4 is 16.7 Å². The van der Waals surface area contributed by atoms with E-state index in [2.05, 4.69) is 10.3 Å². The van der Waals surface area contributed by atoms with Gasteiger partial charge in [-0.2, -0.15) is 0 Å². The molecular formula is C31H33F3N2O4S. The molecule has 1 aromatic heterocycles. The van der Waals surface area contributed by atoms with Crippen molar-refractivity contribution in [3.8, 4) is 11.1 Å². The van der Waals surface area contributed by atoms with Crippen molar-refractivity contribution in [2.45, 2.75) is 51.4 Å². The maximum Gasteiger partial charge on any atom is 0.254 e. The van der Waals surface area contributed by atoms with Gasteiger partial charge in [-0.25, -0.2) is 13.2 Å². The second kappa shape index (κ2) is 13.5. The average Bonchev–Trinajstić information content (AvgIpc) is 3.65. The molecule has 3 aromatic rings. The number of carbonyl (C=O) groups excluding carboxylic acids is 1. The third-order valence-electron chi connectivity index (χ3n) is 6.62. The Kier molecular flexibility index (Phi) is 10.1. The van der Waals surface area contributed by atoms with Crippen molar-refractivity contribution in [1.29, 1.82) is 0 Å². The number of carbonyl (C=O) groups is 1. The van der Waals surface area contributed by atoms with Crippen molar-refractivity contribution in [2.24, 2.45) is 5.92 Å². The van der Waals surface area contributed by atoms with Gasteiger partial charge in [0.2, 0.25) is 0 Å². The fourth-order valence-electron chi connectivity index (χ4n) is 4.05. The third-order valence-corrected chi connectivity index (χ3v) is 7.76. The molecule has 0 spiro atoms. The van der Waals surface area contributed by atoms with Crippen LogP contribution in [0.1, 0.15) is 56.0 Å². The number of hydrogen-bond acceptors (Lipinski definition) is 5. The first-order chi connectivity index (χ1) is 19.5. The molecule has 5 rings (SSSR count). The van der Waals surface area contributed by atoms with Gasteiger partial charge in [-0.05, 0) is 91.5 Å². The van der Waals surface area contributed by atoms with Crippen LogP contribution in [0.2, 0.25) is 0 Å². The molecule has 1 aliphatic heterocycles. The highest BCUT2D eigenvalue weighted by Crippen LogP contribution is 2.33. The predicted molar refractivity (Wildman–Crippen MR) is 151 cm³/mol. The van der Waals surface area contributed by atoms with Gasteiger partial charge >= 0.3 is 0 Å². The number of amides is 1. The zero-order valence-corrected chi connectivity index (χ0v) is 23.7. The molecule has 2 aromatic carbocycles. The number of allylic oxidation sites excluding steroid dienone is 1. The van der Waals surface area contributed by atoms with Gasteiger partial charge in [-0.3, -0.25) is 14.0 Å². The summed E-state index contributed by atoms with van der Waals surface area (Å²) in [6.07, 6.45) is 5.34. The molecule has 0 radical (unpaired) electrons. The van der Waals surface area contributed by atoms with Gasteiger partial charge in [0.15, 0.2) is 17.7 Å². The number of benzene rings is 2. The lowest BCUT2D eigenvalue weighted by molar-refractivity contribution is -0.134. The van der Waals surface area contributed by atoms with E-state index in [4.69, 9.17) is 4.74 Å². The Morgan fingerprint density at radius 3 is 2.34 bits per heavy atom. The molecule has 2 unspecified atom stereocenters. The molecule has 1 fully saturated rings. The first-order valence-corrected chi connectivity index (χ1v) is 14.8. The summed E-state index contributed by atoms with van der Waals surface area (Å²) in [5.41, 5.74) is 0.775. The lowest BCUT2D eigenvalue weighted by Crippen LogP contribution is -2.31. The zero-order valence-electron chi connectivity index (χ0n) is 22.9. The summed E-state index contributed by atoms with van der Waals surface area (Å²) in [5.74, 6) is -2.01. The van der Waals surface area contributed by atoms with E-state index in [1.54, 1.807) is 43.7 Å². The standard InChI is InChI=1S/C27H27F3N2O3.C4H6OS/c1-27(2,34)24-11-17(9-10-31-24)14-32-26(33)25(35-15-16-3-4-16)20-7-5-18(12-22(20)29)19-6-8-21(28)23(30)13-19;5-6-3-1-2-4-6/h5-13,16,25,34H,3-4,14-15H2,1-2H3,(H,32,33);1,3H,2,4H2. The second-order valence-corrected chi connectivity index (χ2v) is 12.0. The molecule has 1 amide bonds. The van der Waals surface area contributed by atoms with E-state index in [0.29, 0.717) is 29.3 Å². The molecule has 10 heteroatoms. The van der Waals surface area contributed by atoms with Crippen LogP contribution in [-0.2, 0) is 32.5 Å². The lowest BCUT2D eigenvalue weighted by atomic mass is 10.00. The second-order valence-electron chi connectivity index (χ2n) is 10.6. The topological polar surface area (TPSA) is 88.5 Å². The highest BCUT2D eigenvalue weighted by atomic mass is 32.2. The van der Waals surface area contributed by atoms with E-state index in [-0.39, 0.29) is 12.1 Å². The first kappa shape index (κ1) is 30.6. The summed E-state index contributed by atoms with van der Waals surface area (Å²) in [7, 11) is -0.603. The highest BCUT2D eigenvalue weighted by molar-refractivity contribution is 7.88. The van der Waals surface area contributed by atoms with E-state index in [1.807, 2.05) is 6.08 Å². The number of pyridine rings is 1. The monoisotopic (exact) mass is 586 g/mol. The molecular weight excluding hydrogens is 553 g/mol. The normalized spacial score (nSPS) is 17.1. The minimum absolute atomic E-state index is 0.0568. The van der Waals surface area contributed by atoms with Crippen LogP contribution >= 0.6 is 0 Å². The largest absolute Gasteiger partial charge is 0.384 e. The molecule has 0 saturated heterocycles. The maximum absolute atomic E-state index is 15.1. The zero-order chi connectivity index (χ0) is 29.6. The van der Waals surface area contributed by atoms with Gasteiger partial charge in [-0.1, -0.05) is 24.3 Å². The van der Waals surface area contributed by atoms with Gasteiger partial charge in [-0.15, -0.1) is 0 Å². The van der Waals surface area contributed by atoms with E-state index in [9.17, 15) is 22.9 Å². The van der Waals surface area contributed by atoms with E-state index in [1.165, 1.54) is 18.2 Å². The number of halogens is 3. The highest BCUT2D eigenvalue weighted by Gasteiger charge is 2.29. The minimum atomic E-state index is -1.18. The minimum Gasteiger partial charge on any atom is -0.384 e. The first-order valence-electron chi connectivity index (χ1n) is 13.4. The lowest BCUT2D eigenvalue weighted by Gasteiger charge is -2.20. The van der Waals surface area contributed by atoms with Crippen molar-refractivity contribution in [3.05, 3.63) is 100 Å². The molecule has 41 heavy (non-hydrogen) atoms. The van der Waals surface area contributed by atoms with E-state index in [0.717, 1.165) is 42.7 Å². The van der Waals surface area contributed by atoms with Crippen molar-refractivity contribution in [1.82, 2.24) is 10.3 Å².